The topological polar surface area (TPSA) is 132 Å². The Labute approximate surface area is 370 Å². The number of rotatable bonds is 11. The van der Waals surface area contributed by atoms with Crippen LogP contribution in [0.2, 0.25) is 5.02 Å². The lowest BCUT2D eigenvalue weighted by atomic mass is 9.91. The van der Waals surface area contributed by atoms with Gasteiger partial charge in [0.1, 0.15) is 11.7 Å². The molecule has 0 saturated carbocycles. The van der Waals surface area contributed by atoms with E-state index in [0.29, 0.717) is 17.7 Å². The Kier molecular flexibility index (Phi) is 18.2. The minimum atomic E-state index is 0.139. The minimum absolute atomic E-state index is 0.139. The molecule has 0 aliphatic carbocycles. The van der Waals surface area contributed by atoms with E-state index in [1.807, 2.05) is 53.3 Å². The zero-order chi connectivity index (χ0) is 44.8. The number of nitrogens with one attached hydrogen (secondary N) is 1. The van der Waals surface area contributed by atoms with E-state index in [1.54, 1.807) is 6.20 Å². The standard InChI is InChI=1S/C15H20N2.C15H19N.C12H18N2.C11H13ClN2/c1-9(2)7-13-10(3)8-14-12(11(13)4)5-6-17-15(14)16;1-11(2)6-7-12-8-9-14-13(10-12)4-3-5-15(14)16;1-9(2)3-4-10-5-7-11(8-6-10)12(13)14;1-8(2)5-10-11-6-9(12)3-4-14(11)7-13-10/h5-6,8-9H,7H2,1-4H3,(H2,16,17);3-5,8-11H,6-7,16H2,1-2H3;5-9H,3-4H2,1-2H3,(H3,13,14);3-4,6-8H,5H2,1-2H3. The first-order valence-corrected chi connectivity index (χ1v) is 22.3. The van der Waals surface area contributed by atoms with Crippen LogP contribution in [0, 0.1) is 42.9 Å². The zero-order valence-electron chi connectivity index (χ0n) is 38.3. The minimum Gasteiger partial charge on any atom is -0.398 e. The summed E-state index contributed by atoms with van der Waals surface area (Å²) in [5, 5.41) is 12.7. The van der Waals surface area contributed by atoms with Gasteiger partial charge in [0, 0.05) is 39.4 Å². The highest BCUT2D eigenvalue weighted by molar-refractivity contribution is 6.30. The Balaban J connectivity index is 0.000000180. The first-order valence-electron chi connectivity index (χ1n) is 21.9. The van der Waals surface area contributed by atoms with Crippen LogP contribution in [0.4, 0.5) is 11.5 Å². The molecule has 0 saturated heterocycles. The number of nitrogens with zero attached hydrogens (tertiary/aromatic N) is 3. The van der Waals surface area contributed by atoms with Crippen LogP contribution < -0.4 is 17.2 Å². The van der Waals surface area contributed by atoms with Gasteiger partial charge in [-0.05, 0) is 145 Å². The molecule has 0 amide bonds. The van der Waals surface area contributed by atoms with Crippen molar-refractivity contribution >= 4 is 56.0 Å². The summed E-state index contributed by atoms with van der Waals surface area (Å²) in [7, 11) is 0. The highest BCUT2D eigenvalue weighted by Crippen LogP contribution is 2.29. The summed E-state index contributed by atoms with van der Waals surface area (Å²) in [5.74, 6) is 3.56. The van der Waals surface area contributed by atoms with E-state index in [4.69, 9.17) is 34.2 Å². The molecule has 3 aromatic heterocycles. The fourth-order valence-electron chi connectivity index (χ4n) is 7.29. The number of imidazole rings is 1. The van der Waals surface area contributed by atoms with E-state index in [1.165, 1.54) is 51.4 Å². The number of nitrogen functional groups attached to an aromatic ring is 3. The summed E-state index contributed by atoms with van der Waals surface area (Å²) >= 11 is 5.94. The first kappa shape index (κ1) is 48.3. The average molecular weight is 841 g/mol. The van der Waals surface area contributed by atoms with Gasteiger partial charge in [-0.3, -0.25) is 5.41 Å². The number of aromatic nitrogens is 3. The monoisotopic (exact) mass is 840 g/mol. The van der Waals surface area contributed by atoms with Gasteiger partial charge < -0.3 is 21.6 Å². The fourth-order valence-corrected chi connectivity index (χ4v) is 7.45. The summed E-state index contributed by atoms with van der Waals surface area (Å²) in [6, 6.07) is 28.7. The lowest BCUT2D eigenvalue weighted by Gasteiger charge is -2.15. The predicted octanol–water partition coefficient (Wildman–Crippen LogP) is 13.4. The van der Waals surface area contributed by atoms with Gasteiger partial charge in [0.15, 0.2) is 0 Å². The second-order valence-corrected chi connectivity index (χ2v) is 18.4. The summed E-state index contributed by atoms with van der Waals surface area (Å²) in [6.45, 7) is 22.2. The smallest absolute Gasteiger partial charge is 0.131 e. The Morgan fingerprint density at radius 3 is 1.95 bits per heavy atom. The number of anilines is 2. The van der Waals surface area contributed by atoms with Crippen molar-refractivity contribution in [2.24, 2.45) is 29.4 Å². The molecule has 61 heavy (non-hydrogen) atoms. The van der Waals surface area contributed by atoms with Crippen LogP contribution in [-0.4, -0.2) is 20.2 Å². The maximum absolute atomic E-state index is 7.25. The number of hydrogen-bond acceptors (Lipinski definition) is 5. The molecular formula is C53H70ClN7. The molecule has 8 heteroatoms. The van der Waals surface area contributed by atoms with Crippen molar-refractivity contribution in [2.45, 2.75) is 108 Å². The van der Waals surface area contributed by atoms with E-state index in [2.05, 4.69) is 128 Å². The number of hydrogen-bond donors (Lipinski definition) is 4. The Hall–Kier alpha value is -5.40. The molecule has 0 spiro atoms. The molecule has 4 aromatic carbocycles. The zero-order valence-corrected chi connectivity index (χ0v) is 39.1. The van der Waals surface area contributed by atoms with Crippen LogP contribution in [-0.2, 0) is 25.7 Å². The van der Waals surface area contributed by atoms with Crippen molar-refractivity contribution in [1.82, 2.24) is 14.4 Å². The molecular weight excluding hydrogens is 770 g/mol. The SMILES string of the molecule is CC(C)CCc1ccc(C(=N)N)cc1.CC(C)CCc1ccc2c(N)cccc2c1.CC(C)Cc1ncn2ccc(Cl)cc12.Cc1cc2c(N)nccc2c(C)c1CC(C)C. The van der Waals surface area contributed by atoms with Gasteiger partial charge in [0.05, 0.1) is 17.5 Å². The van der Waals surface area contributed by atoms with Crippen molar-refractivity contribution in [3.8, 4) is 0 Å². The van der Waals surface area contributed by atoms with Crippen molar-refractivity contribution in [1.29, 1.82) is 5.41 Å². The van der Waals surface area contributed by atoms with Crippen LogP contribution >= 0.6 is 11.6 Å². The second kappa shape index (κ2) is 23.0. The molecule has 7 rings (SSSR count). The van der Waals surface area contributed by atoms with Crippen molar-refractivity contribution in [2.75, 3.05) is 11.5 Å². The van der Waals surface area contributed by atoms with E-state index >= 15 is 0 Å². The fraction of sp³-hybridized carbons (Fsp3) is 0.377. The predicted molar refractivity (Wildman–Crippen MR) is 265 cm³/mol. The molecule has 0 fully saturated rings. The summed E-state index contributed by atoms with van der Waals surface area (Å²) in [6.07, 6.45) is 12.4. The van der Waals surface area contributed by atoms with Gasteiger partial charge in [-0.1, -0.05) is 122 Å². The number of amidine groups is 1. The largest absolute Gasteiger partial charge is 0.398 e. The number of halogens is 1. The van der Waals surface area contributed by atoms with E-state index in [0.717, 1.165) is 75.8 Å². The normalized spacial score (nSPS) is 11.1. The number of nitrogens with two attached hydrogens (primary N) is 3. The lowest BCUT2D eigenvalue weighted by Crippen LogP contribution is -2.10. The van der Waals surface area contributed by atoms with Crippen LogP contribution in [0.1, 0.15) is 107 Å². The molecule has 0 aliphatic rings. The molecule has 324 valence electrons. The van der Waals surface area contributed by atoms with Crippen molar-refractivity contribution < 1.29 is 0 Å². The van der Waals surface area contributed by atoms with E-state index in [9.17, 15) is 0 Å². The molecule has 0 unspecified atom stereocenters. The first-order chi connectivity index (χ1) is 28.9. The quantitative estimate of drug-likeness (QED) is 0.0585. The Morgan fingerprint density at radius 1 is 0.689 bits per heavy atom. The van der Waals surface area contributed by atoms with Gasteiger partial charge in [0.25, 0.3) is 0 Å². The second-order valence-electron chi connectivity index (χ2n) is 18.0. The molecule has 7 aromatic rings. The van der Waals surface area contributed by atoms with Gasteiger partial charge >= 0.3 is 0 Å². The highest BCUT2D eigenvalue weighted by atomic mass is 35.5. The molecule has 0 bridgehead atoms. The van der Waals surface area contributed by atoms with E-state index in [-0.39, 0.29) is 5.84 Å². The summed E-state index contributed by atoms with van der Waals surface area (Å²) in [4.78, 5) is 8.54. The molecule has 0 atom stereocenters. The third-order valence-electron chi connectivity index (χ3n) is 10.8. The Morgan fingerprint density at radius 2 is 1.33 bits per heavy atom. The summed E-state index contributed by atoms with van der Waals surface area (Å²) < 4.78 is 2.00. The third kappa shape index (κ3) is 14.6. The molecule has 7 N–H and O–H groups in total. The van der Waals surface area contributed by atoms with Crippen LogP contribution in [0.5, 0.6) is 0 Å². The van der Waals surface area contributed by atoms with Gasteiger partial charge in [0.2, 0.25) is 0 Å². The van der Waals surface area contributed by atoms with E-state index < -0.39 is 0 Å². The maximum atomic E-state index is 7.25. The highest BCUT2D eigenvalue weighted by Gasteiger charge is 2.11. The van der Waals surface area contributed by atoms with Crippen LogP contribution in [0.25, 0.3) is 27.1 Å². The number of benzene rings is 4. The number of fused-ring (bicyclic) bond motifs is 3. The number of pyridine rings is 2. The molecule has 7 nitrogen and oxygen atoms in total. The third-order valence-corrected chi connectivity index (χ3v) is 11.0. The van der Waals surface area contributed by atoms with Gasteiger partial charge in [-0.15, -0.1) is 0 Å². The van der Waals surface area contributed by atoms with Gasteiger partial charge in [-0.25, -0.2) is 9.97 Å². The Bertz CT molecular complexity index is 2480. The van der Waals surface area contributed by atoms with Gasteiger partial charge in [-0.2, -0.15) is 0 Å². The molecule has 0 radical (unpaired) electrons. The summed E-state index contributed by atoms with van der Waals surface area (Å²) in [5.41, 5.74) is 28.0. The molecule has 3 heterocycles. The maximum Gasteiger partial charge on any atom is 0.131 e. The van der Waals surface area contributed by atoms with Crippen LogP contribution in [0.15, 0.2) is 104 Å². The average Bonchev–Trinajstić information content (AvgIpc) is 3.59. The lowest BCUT2D eigenvalue weighted by molar-refractivity contribution is 0.586. The number of aryl methyl sites for hydroxylation is 4. The van der Waals surface area contributed by atoms with Crippen molar-refractivity contribution in [3.05, 3.63) is 148 Å². The molecule has 0 aliphatic heterocycles. The van der Waals surface area contributed by atoms with Crippen LogP contribution in [0.3, 0.4) is 0 Å². The van der Waals surface area contributed by atoms with Crippen molar-refractivity contribution in [3.63, 3.8) is 0 Å².